The summed E-state index contributed by atoms with van der Waals surface area (Å²) < 4.78 is 10.8. The van der Waals surface area contributed by atoms with E-state index in [1.54, 1.807) is 24.3 Å². The Balaban J connectivity index is 2.24. The molecule has 2 aromatic rings. The van der Waals surface area contributed by atoms with Crippen molar-refractivity contribution in [3.63, 3.8) is 0 Å². The van der Waals surface area contributed by atoms with Crippen molar-refractivity contribution in [2.75, 3.05) is 19.0 Å². The molecule has 0 bridgehead atoms. The van der Waals surface area contributed by atoms with Gasteiger partial charge in [0.25, 0.3) is 5.91 Å². The molecule has 0 aromatic heterocycles. The number of methoxy groups -OCH3 is 1. The van der Waals surface area contributed by atoms with E-state index in [1.165, 1.54) is 19.2 Å². The number of benzene rings is 2. The van der Waals surface area contributed by atoms with Crippen LogP contribution < -0.4 is 14.8 Å². The molecule has 0 saturated heterocycles. The molecule has 0 spiro atoms. The minimum atomic E-state index is -1.16. The van der Waals surface area contributed by atoms with E-state index < -0.39 is 11.9 Å². The van der Waals surface area contributed by atoms with Gasteiger partial charge >= 0.3 is 5.97 Å². The summed E-state index contributed by atoms with van der Waals surface area (Å²) in [6.45, 7) is 2.64. The third kappa shape index (κ3) is 4.89. The van der Waals surface area contributed by atoms with Gasteiger partial charge in [-0.05, 0) is 36.8 Å². The normalized spacial score (nSPS) is 10.3. The number of carbonyl (C=O) groups is 2. The van der Waals surface area contributed by atoms with E-state index in [2.05, 4.69) is 12.2 Å². The first-order valence-corrected chi connectivity index (χ1v) is 8.49. The fourth-order valence-corrected chi connectivity index (χ4v) is 2.57. The van der Waals surface area contributed by atoms with Gasteiger partial charge in [-0.25, -0.2) is 4.79 Å². The van der Waals surface area contributed by atoms with E-state index in [0.29, 0.717) is 17.9 Å². The summed E-state index contributed by atoms with van der Waals surface area (Å²) in [4.78, 5) is 23.7. The number of carbonyl (C=O) groups excluding carboxylic acids is 1. The van der Waals surface area contributed by atoms with Crippen molar-refractivity contribution in [2.45, 2.75) is 19.8 Å². The molecule has 6 nitrogen and oxygen atoms in total. The van der Waals surface area contributed by atoms with Gasteiger partial charge in [0, 0.05) is 5.56 Å². The lowest BCUT2D eigenvalue weighted by Gasteiger charge is -2.13. The lowest BCUT2D eigenvalue weighted by molar-refractivity contribution is 0.0696. The third-order valence-corrected chi connectivity index (χ3v) is 3.89. The number of aromatic carboxylic acids is 1. The first-order chi connectivity index (χ1) is 12.5. The van der Waals surface area contributed by atoms with Gasteiger partial charge < -0.3 is 19.9 Å². The van der Waals surface area contributed by atoms with Gasteiger partial charge in [-0.1, -0.05) is 31.0 Å². The van der Waals surface area contributed by atoms with Crippen molar-refractivity contribution < 1.29 is 24.2 Å². The number of anilines is 1. The van der Waals surface area contributed by atoms with Crippen LogP contribution in [0.4, 0.5) is 5.69 Å². The summed E-state index contributed by atoms with van der Waals surface area (Å²) in [5.74, 6) is -0.796. The van der Waals surface area contributed by atoms with Crippen LogP contribution in [0.1, 0.15) is 40.5 Å². The van der Waals surface area contributed by atoms with E-state index in [4.69, 9.17) is 26.2 Å². The van der Waals surface area contributed by atoms with Crippen LogP contribution in [0.3, 0.4) is 0 Å². The van der Waals surface area contributed by atoms with Crippen molar-refractivity contribution in [2.24, 2.45) is 0 Å². The highest BCUT2D eigenvalue weighted by molar-refractivity contribution is 6.33. The van der Waals surface area contributed by atoms with Crippen molar-refractivity contribution >= 4 is 29.2 Å². The Morgan fingerprint density at radius 2 is 1.96 bits per heavy atom. The van der Waals surface area contributed by atoms with E-state index >= 15 is 0 Å². The Hall–Kier alpha value is -2.73. The fraction of sp³-hybridized carbons (Fsp3) is 0.263. The number of nitrogens with one attached hydrogen (secondary N) is 1. The number of ether oxygens (including phenoxy) is 2. The zero-order chi connectivity index (χ0) is 19.1. The molecule has 2 rings (SSSR count). The minimum absolute atomic E-state index is 0.0530. The Bertz CT molecular complexity index is 807. The van der Waals surface area contributed by atoms with Crippen LogP contribution in [0.5, 0.6) is 11.5 Å². The van der Waals surface area contributed by atoms with Gasteiger partial charge in [0.1, 0.15) is 5.75 Å². The minimum Gasteiger partial charge on any atom is -0.494 e. The van der Waals surface area contributed by atoms with Crippen LogP contribution in [-0.2, 0) is 0 Å². The highest BCUT2D eigenvalue weighted by Crippen LogP contribution is 2.34. The standard InChI is InChI=1S/C19H20ClNO5/c1-3-4-8-26-14-7-5-6-12(9-14)18(22)21-16-11-13(19(23)24)10-15(20)17(16)25-2/h5-7,9-11H,3-4,8H2,1-2H3,(H,21,22)(H,23,24). The molecule has 0 aliphatic rings. The number of hydrogen-bond acceptors (Lipinski definition) is 4. The Kier molecular flexibility index (Phi) is 6.86. The third-order valence-electron chi connectivity index (χ3n) is 3.61. The molecular formula is C19H20ClNO5. The summed E-state index contributed by atoms with van der Waals surface area (Å²) in [6, 6.07) is 9.31. The van der Waals surface area contributed by atoms with Crippen LogP contribution >= 0.6 is 11.6 Å². The SMILES string of the molecule is CCCCOc1cccc(C(=O)Nc2cc(C(=O)O)cc(Cl)c2OC)c1. The Morgan fingerprint density at radius 3 is 2.62 bits per heavy atom. The fourth-order valence-electron chi connectivity index (χ4n) is 2.27. The molecular weight excluding hydrogens is 358 g/mol. The zero-order valence-electron chi connectivity index (χ0n) is 14.5. The second-order valence-corrected chi connectivity index (χ2v) is 5.94. The molecule has 26 heavy (non-hydrogen) atoms. The van der Waals surface area contributed by atoms with Crippen LogP contribution in [0.25, 0.3) is 0 Å². The molecule has 2 N–H and O–H groups in total. The lowest BCUT2D eigenvalue weighted by atomic mass is 10.1. The number of halogens is 1. The van der Waals surface area contributed by atoms with E-state index in [0.717, 1.165) is 12.8 Å². The molecule has 0 saturated carbocycles. The molecule has 0 unspecified atom stereocenters. The van der Waals surface area contributed by atoms with Crippen LogP contribution in [0.2, 0.25) is 5.02 Å². The summed E-state index contributed by atoms with van der Waals surface area (Å²) in [6.07, 6.45) is 1.94. The lowest BCUT2D eigenvalue weighted by Crippen LogP contribution is -2.14. The Labute approximate surface area is 156 Å². The molecule has 0 fully saturated rings. The van der Waals surface area contributed by atoms with Crippen LogP contribution in [0.15, 0.2) is 36.4 Å². The second-order valence-electron chi connectivity index (χ2n) is 5.53. The summed E-state index contributed by atoms with van der Waals surface area (Å²) in [7, 11) is 1.39. The number of amides is 1. The number of carboxylic acid groups (broad SMARTS) is 1. The second kappa shape index (κ2) is 9.10. The summed E-state index contributed by atoms with van der Waals surface area (Å²) in [5.41, 5.74) is 0.500. The van der Waals surface area contributed by atoms with Gasteiger partial charge in [0.05, 0.1) is 30.0 Å². The summed E-state index contributed by atoms with van der Waals surface area (Å²) in [5, 5.41) is 11.9. The number of hydrogen-bond donors (Lipinski definition) is 2. The van der Waals surface area contributed by atoms with Gasteiger partial charge in [-0.3, -0.25) is 4.79 Å². The maximum absolute atomic E-state index is 12.5. The first kappa shape index (κ1) is 19.6. The predicted molar refractivity (Wildman–Crippen MR) is 99.8 cm³/mol. The average Bonchev–Trinajstić information content (AvgIpc) is 2.62. The molecule has 7 heteroatoms. The zero-order valence-corrected chi connectivity index (χ0v) is 15.3. The quantitative estimate of drug-likeness (QED) is 0.662. The molecule has 0 aliphatic heterocycles. The maximum atomic E-state index is 12.5. The van der Waals surface area contributed by atoms with Gasteiger partial charge in [-0.2, -0.15) is 0 Å². The summed E-state index contributed by atoms with van der Waals surface area (Å²) >= 11 is 6.04. The maximum Gasteiger partial charge on any atom is 0.335 e. The number of unbranched alkanes of at least 4 members (excludes halogenated alkanes) is 1. The predicted octanol–water partition coefficient (Wildman–Crippen LogP) is 4.48. The van der Waals surface area contributed by atoms with E-state index in [1.807, 2.05) is 0 Å². The smallest absolute Gasteiger partial charge is 0.335 e. The van der Waals surface area contributed by atoms with E-state index in [-0.39, 0.29) is 22.0 Å². The van der Waals surface area contributed by atoms with Gasteiger partial charge in [0.15, 0.2) is 5.75 Å². The monoisotopic (exact) mass is 377 g/mol. The molecule has 0 heterocycles. The van der Waals surface area contributed by atoms with Gasteiger partial charge in [-0.15, -0.1) is 0 Å². The largest absolute Gasteiger partial charge is 0.494 e. The van der Waals surface area contributed by atoms with E-state index in [9.17, 15) is 9.59 Å². The van der Waals surface area contributed by atoms with Crippen molar-refractivity contribution in [3.05, 3.63) is 52.5 Å². The van der Waals surface area contributed by atoms with Crippen molar-refractivity contribution in [3.8, 4) is 11.5 Å². The highest BCUT2D eigenvalue weighted by atomic mass is 35.5. The topological polar surface area (TPSA) is 84.9 Å². The van der Waals surface area contributed by atoms with Gasteiger partial charge in [0.2, 0.25) is 0 Å². The average molecular weight is 378 g/mol. The number of carboxylic acids is 1. The molecule has 0 atom stereocenters. The van der Waals surface area contributed by atoms with Crippen molar-refractivity contribution in [1.82, 2.24) is 0 Å². The van der Waals surface area contributed by atoms with Crippen LogP contribution in [-0.4, -0.2) is 30.7 Å². The molecule has 138 valence electrons. The molecule has 0 radical (unpaired) electrons. The molecule has 2 aromatic carbocycles. The van der Waals surface area contributed by atoms with Crippen molar-refractivity contribution in [1.29, 1.82) is 0 Å². The van der Waals surface area contributed by atoms with Crippen LogP contribution in [0, 0.1) is 0 Å². The molecule has 1 amide bonds. The highest BCUT2D eigenvalue weighted by Gasteiger charge is 2.17. The first-order valence-electron chi connectivity index (χ1n) is 8.11. The Morgan fingerprint density at radius 1 is 1.19 bits per heavy atom. The number of rotatable bonds is 8. The molecule has 0 aliphatic carbocycles.